The normalized spacial score (nSPS) is 15.9. The molecule has 0 aliphatic carbocycles. The number of rotatable bonds is 5. The number of hydrogen-bond acceptors (Lipinski definition) is 5. The first-order valence-electron chi connectivity index (χ1n) is 5.38. The van der Waals surface area contributed by atoms with Crippen molar-refractivity contribution < 1.29 is 14.9 Å². The molecule has 0 aromatic carbocycles. The standard InChI is InChI=1S/C11H18ClNO3S/c1-6(8(5-14)16-11(3,4)15)9-7(2)13-10(12)17-9/h6,8,14-15H,5H2,1-4H3/t6-,8?/m0/s1. The van der Waals surface area contributed by atoms with Gasteiger partial charge in [-0.2, -0.15) is 0 Å². The van der Waals surface area contributed by atoms with Crippen molar-refractivity contribution in [1.29, 1.82) is 0 Å². The summed E-state index contributed by atoms with van der Waals surface area (Å²) in [5, 5.41) is 19.0. The molecule has 0 radical (unpaired) electrons. The molecule has 2 atom stereocenters. The van der Waals surface area contributed by atoms with Crippen LogP contribution in [0.3, 0.4) is 0 Å². The topological polar surface area (TPSA) is 62.6 Å². The monoisotopic (exact) mass is 279 g/mol. The molecule has 0 saturated heterocycles. The molecule has 0 spiro atoms. The SMILES string of the molecule is Cc1nc(Cl)sc1[C@@H](C)C(CO)OC(C)(C)O. The number of halogens is 1. The van der Waals surface area contributed by atoms with Gasteiger partial charge in [0.2, 0.25) is 0 Å². The Labute approximate surface area is 110 Å². The summed E-state index contributed by atoms with van der Waals surface area (Å²) in [7, 11) is 0. The van der Waals surface area contributed by atoms with E-state index in [2.05, 4.69) is 4.98 Å². The minimum atomic E-state index is -1.27. The molecule has 98 valence electrons. The molecule has 17 heavy (non-hydrogen) atoms. The predicted molar refractivity (Wildman–Crippen MR) is 68.5 cm³/mol. The van der Waals surface area contributed by atoms with Gasteiger partial charge in [-0.25, -0.2) is 4.98 Å². The van der Waals surface area contributed by atoms with Gasteiger partial charge < -0.3 is 14.9 Å². The van der Waals surface area contributed by atoms with E-state index in [1.165, 1.54) is 25.2 Å². The highest BCUT2D eigenvalue weighted by Gasteiger charge is 2.28. The lowest BCUT2D eigenvalue weighted by Gasteiger charge is -2.28. The Balaban J connectivity index is 2.86. The van der Waals surface area contributed by atoms with E-state index < -0.39 is 11.9 Å². The van der Waals surface area contributed by atoms with E-state index in [0.717, 1.165) is 10.6 Å². The van der Waals surface area contributed by atoms with Gasteiger partial charge in [-0.15, -0.1) is 11.3 Å². The minimum absolute atomic E-state index is 0.0728. The third kappa shape index (κ3) is 4.19. The summed E-state index contributed by atoms with van der Waals surface area (Å²) < 4.78 is 5.88. The number of ether oxygens (including phenoxy) is 1. The summed E-state index contributed by atoms with van der Waals surface area (Å²) in [6, 6.07) is 0. The van der Waals surface area contributed by atoms with Crippen LogP contribution in [0.1, 0.15) is 37.3 Å². The molecule has 0 aliphatic rings. The fourth-order valence-corrected chi connectivity index (χ4v) is 2.90. The molecule has 0 fully saturated rings. The molecular formula is C11H18ClNO3S. The van der Waals surface area contributed by atoms with Gasteiger partial charge in [-0.05, 0) is 20.8 Å². The quantitative estimate of drug-likeness (QED) is 0.812. The minimum Gasteiger partial charge on any atom is -0.394 e. The van der Waals surface area contributed by atoms with Crippen LogP contribution < -0.4 is 0 Å². The summed E-state index contributed by atoms with van der Waals surface area (Å²) in [5.74, 6) is -1.35. The summed E-state index contributed by atoms with van der Waals surface area (Å²) >= 11 is 7.22. The van der Waals surface area contributed by atoms with Crippen molar-refractivity contribution in [3.05, 3.63) is 15.0 Å². The zero-order valence-corrected chi connectivity index (χ0v) is 12.0. The van der Waals surface area contributed by atoms with Crippen LogP contribution in [0.25, 0.3) is 0 Å². The van der Waals surface area contributed by atoms with E-state index >= 15 is 0 Å². The van der Waals surface area contributed by atoms with Crippen molar-refractivity contribution in [3.63, 3.8) is 0 Å². The van der Waals surface area contributed by atoms with Crippen molar-refractivity contribution in [3.8, 4) is 0 Å². The number of aliphatic hydroxyl groups excluding tert-OH is 1. The molecule has 0 saturated carbocycles. The highest BCUT2D eigenvalue weighted by atomic mass is 35.5. The predicted octanol–water partition coefficient (Wildman–Crippen LogP) is 2.31. The van der Waals surface area contributed by atoms with Gasteiger partial charge in [0.25, 0.3) is 0 Å². The van der Waals surface area contributed by atoms with Crippen LogP contribution in [0.2, 0.25) is 4.47 Å². The molecular weight excluding hydrogens is 262 g/mol. The molecule has 6 heteroatoms. The Hall–Kier alpha value is -0.200. The Morgan fingerprint density at radius 3 is 2.47 bits per heavy atom. The third-order valence-corrected chi connectivity index (χ3v) is 3.86. The molecule has 0 bridgehead atoms. The highest BCUT2D eigenvalue weighted by Crippen LogP contribution is 2.33. The van der Waals surface area contributed by atoms with E-state index in [0.29, 0.717) is 4.47 Å². The van der Waals surface area contributed by atoms with Crippen molar-refractivity contribution >= 4 is 22.9 Å². The first-order chi connectivity index (χ1) is 7.74. The first-order valence-corrected chi connectivity index (χ1v) is 6.58. The first kappa shape index (κ1) is 14.9. The summed E-state index contributed by atoms with van der Waals surface area (Å²) in [4.78, 5) is 5.10. The van der Waals surface area contributed by atoms with Crippen molar-refractivity contribution in [2.45, 2.75) is 45.5 Å². The number of aryl methyl sites for hydroxylation is 1. The highest BCUT2D eigenvalue weighted by molar-refractivity contribution is 7.15. The lowest BCUT2D eigenvalue weighted by Crippen LogP contribution is -2.35. The molecule has 1 heterocycles. The fraction of sp³-hybridized carbons (Fsp3) is 0.727. The Bertz CT molecular complexity index is 375. The Morgan fingerprint density at radius 1 is 1.53 bits per heavy atom. The number of aliphatic hydroxyl groups is 2. The van der Waals surface area contributed by atoms with Gasteiger partial charge in [0, 0.05) is 10.8 Å². The lowest BCUT2D eigenvalue weighted by molar-refractivity contribution is -0.216. The molecule has 1 rings (SSSR count). The molecule has 1 unspecified atom stereocenters. The zero-order valence-electron chi connectivity index (χ0n) is 10.4. The number of hydrogen-bond donors (Lipinski definition) is 2. The zero-order chi connectivity index (χ0) is 13.2. The van der Waals surface area contributed by atoms with Gasteiger partial charge >= 0.3 is 0 Å². The van der Waals surface area contributed by atoms with Crippen LogP contribution in [-0.4, -0.2) is 33.7 Å². The second-order valence-corrected chi connectivity index (χ2v) is 6.10. The number of aromatic nitrogens is 1. The van der Waals surface area contributed by atoms with Gasteiger partial charge in [0.05, 0.1) is 18.4 Å². The molecule has 0 aliphatic heterocycles. The van der Waals surface area contributed by atoms with Crippen molar-refractivity contribution in [1.82, 2.24) is 4.98 Å². The van der Waals surface area contributed by atoms with Gasteiger partial charge in [-0.1, -0.05) is 18.5 Å². The van der Waals surface area contributed by atoms with E-state index in [1.807, 2.05) is 13.8 Å². The van der Waals surface area contributed by atoms with E-state index in [1.54, 1.807) is 0 Å². The molecule has 2 N–H and O–H groups in total. The maximum atomic E-state index is 9.62. The van der Waals surface area contributed by atoms with Gasteiger partial charge in [0.1, 0.15) is 0 Å². The van der Waals surface area contributed by atoms with Crippen molar-refractivity contribution in [2.24, 2.45) is 0 Å². The Morgan fingerprint density at radius 2 is 2.12 bits per heavy atom. The summed E-state index contributed by atoms with van der Waals surface area (Å²) in [6.45, 7) is 6.69. The smallest absolute Gasteiger partial charge is 0.184 e. The number of thiazole rings is 1. The average molecular weight is 280 g/mol. The van der Waals surface area contributed by atoms with Crippen LogP contribution in [0.15, 0.2) is 0 Å². The Kier molecular flexibility index (Phi) is 4.92. The van der Waals surface area contributed by atoms with E-state index in [-0.39, 0.29) is 12.5 Å². The van der Waals surface area contributed by atoms with Crippen LogP contribution in [0, 0.1) is 6.92 Å². The molecule has 4 nitrogen and oxygen atoms in total. The van der Waals surface area contributed by atoms with Gasteiger partial charge in [-0.3, -0.25) is 0 Å². The second-order valence-electron chi connectivity index (χ2n) is 4.49. The van der Waals surface area contributed by atoms with E-state index in [9.17, 15) is 10.2 Å². The largest absolute Gasteiger partial charge is 0.394 e. The van der Waals surface area contributed by atoms with Gasteiger partial charge in [0.15, 0.2) is 10.3 Å². The van der Waals surface area contributed by atoms with Crippen molar-refractivity contribution in [2.75, 3.05) is 6.61 Å². The van der Waals surface area contributed by atoms with Crippen LogP contribution in [-0.2, 0) is 4.74 Å². The number of nitrogens with zero attached hydrogens (tertiary/aromatic N) is 1. The summed E-state index contributed by atoms with van der Waals surface area (Å²) in [5.41, 5.74) is 0.838. The van der Waals surface area contributed by atoms with Crippen LogP contribution in [0.4, 0.5) is 0 Å². The molecule has 1 aromatic heterocycles. The van der Waals surface area contributed by atoms with E-state index in [4.69, 9.17) is 16.3 Å². The second kappa shape index (κ2) is 5.63. The third-order valence-electron chi connectivity index (χ3n) is 2.40. The molecule has 0 amide bonds. The van der Waals surface area contributed by atoms with Crippen LogP contribution in [0.5, 0.6) is 0 Å². The fourth-order valence-electron chi connectivity index (χ4n) is 1.63. The maximum absolute atomic E-state index is 9.62. The lowest BCUT2D eigenvalue weighted by atomic mass is 10.0. The van der Waals surface area contributed by atoms with Crippen LogP contribution >= 0.6 is 22.9 Å². The summed E-state index contributed by atoms with van der Waals surface area (Å²) in [6.07, 6.45) is -0.481. The maximum Gasteiger partial charge on any atom is 0.184 e. The molecule has 1 aromatic rings. The average Bonchev–Trinajstić information content (AvgIpc) is 2.52.